The normalized spacial score (nSPS) is 24.3. The molecule has 0 radical (unpaired) electrons. The number of benzene rings is 2. The van der Waals surface area contributed by atoms with Crippen LogP contribution in [0.5, 0.6) is 5.75 Å². The first-order chi connectivity index (χ1) is 9.89. The quantitative estimate of drug-likeness (QED) is 0.706. The Kier molecular flexibility index (Phi) is 3.95. The number of hydrogen-bond acceptors (Lipinski definition) is 2. The Morgan fingerprint density at radius 2 is 2.00 bits per heavy atom. The van der Waals surface area contributed by atoms with Gasteiger partial charge >= 0.3 is 0 Å². The molecule has 0 bridgehead atoms. The lowest BCUT2D eigenvalue weighted by Crippen LogP contribution is -2.38. The minimum Gasteiger partial charge on any atom is -0.482 e. The Bertz CT molecular complexity index is 707. The van der Waals surface area contributed by atoms with Crippen molar-refractivity contribution < 1.29 is 4.74 Å². The summed E-state index contributed by atoms with van der Waals surface area (Å²) in [5, 5.41) is 1.33. The molecule has 0 saturated carbocycles. The van der Waals surface area contributed by atoms with Crippen LogP contribution in [-0.2, 0) is 5.60 Å². The van der Waals surface area contributed by atoms with E-state index in [2.05, 4.69) is 15.9 Å². The Morgan fingerprint density at radius 3 is 2.71 bits per heavy atom. The van der Waals surface area contributed by atoms with E-state index >= 15 is 0 Å². The highest BCUT2D eigenvalue weighted by Crippen LogP contribution is 2.46. The standard InChI is InChI=1S/C16H14BrCl2NO/c1-16(12-4-2-9(17)6-13(12)19)8-14(20)11-7-10(18)3-5-15(11)21-16/h2-7,14H,8,20H2,1H3/t14-,16?/m1/s1. The van der Waals surface area contributed by atoms with E-state index in [1.54, 1.807) is 0 Å². The van der Waals surface area contributed by atoms with E-state index in [4.69, 9.17) is 33.7 Å². The van der Waals surface area contributed by atoms with Crippen LogP contribution in [0.4, 0.5) is 0 Å². The maximum absolute atomic E-state index is 6.38. The summed E-state index contributed by atoms with van der Waals surface area (Å²) in [6.45, 7) is 2.01. The lowest BCUT2D eigenvalue weighted by atomic mass is 9.84. The smallest absolute Gasteiger partial charge is 0.134 e. The Morgan fingerprint density at radius 1 is 1.24 bits per heavy atom. The fraction of sp³-hybridized carbons (Fsp3) is 0.250. The van der Waals surface area contributed by atoms with Crippen molar-refractivity contribution >= 4 is 39.1 Å². The summed E-state index contributed by atoms with van der Waals surface area (Å²) in [6, 6.07) is 11.2. The van der Waals surface area contributed by atoms with Crippen molar-refractivity contribution in [3.63, 3.8) is 0 Å². The molecule has 0 aliphatic carbocycles. The van der Waals surface area contributed by atoms with Gasteiger partial charge in [-0.05, 0) is 37.3 Å². The van der Waals surface area contributed by atoms with Gasteiger partial charge in [0.1, 0.15) is 11.4 Å². The molecule has 110 valence electrons. The van der Waals surface area contributed by atoms with E-state index < -0.39 is 5.60 Å². The van der Waals surface area contributed by atoms with Crippen LogP contribution in [-0.4, -0.2) is 0 Å². The molecule has 2 atom stereocenters. The topological polar surface area (TPSA) is 35.2 Å². The predicted molar refractivity (Wildman–Crippen MR) is 90.1 cm³/mol. The highest BCUT2D eigenvalue weighted by atomic mass is 79.9. The molecule has 0 fully saturated rings. The SMILES string of the molecule is CC1(c2ccc(Br)cc2Cl)C[C@@H](N)c2cc(Cl)ccc2O1. The lowest BCUT2D eigenvalue weighted by Gasteiger charge is -2.39. The van der Waals surface area contributed by atoms with Crippen LogP contribution < -0.4 is 10.5 Å². The molecule has 2 aromatic rings. The first-order valence-corrected chi connectivity index (χ1v) is 8.13. The van der Waals surface area contributed by atoms with Crippen LogP contribution in [0, 0.1) is 0 Å². The van der Waals surface area contributed by atoms with Crippen molar-refractivity contribution in [3.05, 3.63) is 62.0 Å². The third-order valence-corrected chi connectivity index (χ3v) is 4.86. The molecule has 0 amide bonds. The van der Waals surface area contributed by atoms with Gasteiger partial charge in [0.25, 0.3) is 0 Å². The summed E-state index contributed by atoms with van der Waals surface area (Å²) in [7, 11) is 0. The van der Waals surface area contributed by atoms with Gasteiger partial charge in [0, 0.05) is 38.1 Å². The molecule has 3 rings (SSSR count). The van der Waals surface area contributed by atoms with E-state index in [1.807, 2.05) is 43.3 Å². The Labute approximate surface area is 142 Å². The first-order valence-electron chi connectivity index (χ1n) is 6.59. The van der Waals surface area contributed by atoms with E-state index in [0.717, 1.165) is 21.3 Å². The van der Waals surface area contributed by atoms with Crippen LogP contribution >= 0.6 is 39.1 Å². The number of rotatable bonds is 1. The molecule has 1 aliphatic rings. The minimum atomic E-state index is -0.558. The summed E-state index contributed by atoms with van der Waals surface area (Å²) in [6.07, 6.45) is 0.641. The fourth-order valence-electron chi connectivity index (χ4n) is 2.80. The Balaban J connectivity index is 2.06. The molecule has 0 saturated heterocycles. The predicted octanol–water partition coefficient (Wildman–Crippen LogP) is 5.45. The van der Waals surface area contributed by atoms with Crippen molar-refractivity contribution in [3.8, 4) is 5.75 Å². The lowest BCUT2D eigenvalue weighted by molar-refractivity contribution is 0.0512. The van der Waals surface area contributed by atoms with E-state index in [-0.39, 0.29) is 6.04 Å². The number of halogens is 3. The highest BCUT2D eigenvalue weighted by Gasteiger charge is 2.38. The molecule has 1 aliphatic heterocycles. The van der Waals surface area contributed by atoms with Gasteiger partial charge in [-0.15, -0.1) is 0 Å². The molecular formula is C16H14BrCl2NO. The number of fused-ring (bicyclic) bond motifs is 1. The number of nitrogens with two attached hydrogens (primary N) is 1. The van der Waals surface area contributed by atoms with E-state index in [9.17, 15) is 0 Å². The van der Waals surface area contributed by atoms with Crippen molar-refractivity contribution in [1.82, 2.24) is 0 Å². The monoisotopic (exact) mass is 385 g/mol. The highest BCUT2D eigenvalue weighted by molar-refractivity contribution is 9.10. The van der Waals surface area contributed by atoms with E-state index in [1.165, 1.54) is 0 Å². The van der Waals surface area contributed by atoms with Crippen LogP contribution in [0.1, 0.15) is 30.5 Å². The largest absolute Gasteiger partial charge is 0.482 e. The van der Waals surface area contributed by atoms with Crippen molar-refractivity contribution in [2.75, 3.05) is 0 Å². The second-order valence-electron chi connectivity index (χ2n) is 5.45. The van der Waals surface area contributed by atoms with Gasteiger partial charge in [-0.3, -0.25) is 0 Å². The summed E-state index contributed by atoms with van der Waals surface area (Å²) in [5.74, 6) is 0.764. The number of ether oxygens (including phenoxy) is 1. The van der Waals surface area contributed by atoms with Crippen LogP contribution in [0.2, 0.25) is 10.0 Å². The summed E-state index contributed by atoms with van der Waals surface area (Å²) in [4.78, 5) is 0. The zero-order valence-electron chi connectivity index (χ0n) is 11.4. The zero-order chi connectivity index (χ0) is 15.2. The van der Waals surface area contributed by atoms with Crippen LogP contribution in [0.15, 0.2) is 40.9 Å². The molecule has 2 aromatic carbocycles. The molecule has 1 heterocycles. The molecule has 2 nitrogen and oxygen atoms in total. The summed E-state index contributed by atoms with van der Waals surface area (Å²) in [5.41, 5.74) is 7.63. The molecule has 1 unspecified atom stereocenters. The van der Waals surface area contributed by atoms with Crippen molar-refractivity contribution in [2.45, 2.75) is 25.0 Å². The average Bonchev–Trinajstić information content (AvgIpc) is 2.39. The Hall–Kier alpha value is -0.740. The number of hydrogen-bond donors (Lipinski definition) is 1. The average molecular weight is 387 g/mol. The molecule has 0 spiro atoms. The summed E-state index contributed by atoms with van der Waals surface area (Å²) >= 11 is 15.8. The zero-order valence-corrected chi connectivity index (χ0v) is 14.5. The first kappa shape index (κ1) is 15.2. The molecule has 5 heteroatoms. The van der Waals surface area contributed by atoms with Gasteiger partial charge in [-0.1, -0.05) is 45.2 Å². The molecule has 21 heavy (non-hydrogen) atoms. The second-order valence-corrected chi connectivity index (χ2v) is 7.21. The summed E-state index contributed by atoms with van der Waals surface area (Å²) < 4.78 is 7.15. The molecule has 0 aromatic heterocycles. The van der Waals surface area contributed by atoms with Crippen molar-refractivity contribution in [2.24, 2.45) is 5.73 Å². The van der Waals surface area contributed by atoms with Gasteiger partial charge in [0.2, 0.25) is 0 Å². The van der Waals surface area contributed by atoms with Crippen LogP contribution in [0.25, 0.3) is 0 Å². The molecular weight excluding hydrogens is 373 g/mol. The third-order valence-electron chi connectivity index (χ3n) is 3.82. The van der Waals surface area contributed by atoms with Crippen molar-refractivity contribution in [1.29, 1.82) is 0 Å². The van der Waals surface area contributed by atoms with E-state index in [0.29, 0.717) is 16.5 Å². The minimum absolute atomic E-state index is 0.142. The van der Waals surface area contributed by atoms with Gasteiger partial charge in [0.05, 0.1) is 0 Å². The maximum Gasteiger partial charge on any atom is 0.134 e. The molecule has 2 N–H and O–H groups in total. The van der Waals surface area contributed by atoms with Crippen LogP contribution in [0.3, 0.4) is 0 Å². The van der Waals surface area contributed by atoms with Gasteiger partial charge in [0.15, 0.2) is 0 Å². The fourth-order valence-corrected chi connectivity index (χ4v) is 3.85. The maximum atomic E-state index is 6.38. The van der Waals surface area contributed by atoms with Gasteiger partial charge in [-0.25, -0.2) is 0 Å². The van der Waals surface area contributed by atoms with Gasteiger partial charge in [-0.2, -0.15) is 0 Å². The third kappa shape index (κ3) is 2.80. The van der Waals surface area contributed by atoms with Gasteiger partial charge < -0.3 is 10.5 Å². The second kappa shape index (κ2) is 5.47.